The van der Waals surface area contributed by atoms with Gasteiger partial charge in [0.1, 0.15) is 5.60 Å². The van der Waals surface area contributed by atoms with Crippen LogP contribution in [0.3, 0.4) is 0 Å². The molecule has 1 atom stereocenters. The molecular weight excluding hydrogens is 324 g/mol. The zero-order valence-corrected chi connectivity index (χ0v) is 16.3. The van der Waals surface area contributed by atoms with Crippen LogP contribution in [0.15, 0.2) is 18.3 Å². The van der Waals surface area contributed by atoms with Crippen molar-refractivity contribution in [2.24, 2.45) is 5.92 Å². The fraction of sp³-hybridized carbons (Fsp3) is 0.667. The Morgan fingerprint density at radius 1 is 1.42 bits per heavy atom. The molecule has 2 heterocycles. The van der Waals surface area contributed by atoms with Crippen molar-refractivity contribution in [3.8, 4) is 5.88 Å². The molecule has 1 fully saturated rings. The number of aromatic nitrogens is 1. The molecule has 0 spiro atoms. The Kier molecular flexibility index (Phi) is 7.39. The topological polar surface area (TPSA) is 51.7 Å². The quantitative estimate of drug-likeness (QED) is 0.826. The van der Waals surface area contributed by atoms with Crippen molar-refractivity contribution in [3.05, 3.63) is 23.9 Å². The van der Waals surface area contributed by atoms with Gasteiger partial charge in [-0.15, -0.1) is 0 Å². The van der Waals surface area contributed by atoms with E-state index in [9.17, 15) is 4.79 Å². The van der Waals surface area contributed by atoms with E-state index in [0.717, 1.165) is 25.9 Å². The van der Waals surface area contributed by atoms with Crippen molar-refractivity contribution in [2.45, 2.75) is 59.2 Å². The van der Waals surface area contributed by atoms with E-state index in [0.29, 0.717) is 11.8 Å². The third kappa shape index (κ3) is 6.59. The van der Waals surface area contributed by atoms with E-state index in [2.05, 4.69) is 4.98 Å². The van der Waals surface area contributed by atoms with Crippen LogP contribution in [-0.4, -0.2) is 40.8 Å². The van der Waals surface area contributed by atoms with Gasteiger partial charge in [-0.1, -0.05) is 0 Å². The van der Waals surface area contributed by atoms with Crippen LogP contribution in [0, 0.1) is 5.92 Å². The van der Waals surface area contributed by atoms with Crippen molar-refractivity contribution in [3.63, 3.8) is 0 Å². The van der Waals surface area contributed by atoms with E-state index < -0.39 is 5.60 Å². The molecule has 0 saturated carbocycles. The molecular formula is C18H30N2O3S. The van der Waals surface area contributed by atoms with E-state index >= 15 is 0 Å². The molecule has 0 N–H and O–H groups in total. The summed E-state index contributed by atoms with van der Waals surface area (Å²) in [6.45, 7) is 11.2. The number of likely N-dealkylation sites (tertiary alicyclic amines) is 1. The molecule has 0 bridgehead atoms. The largest absolute Gasteiger partial charge is 0.475 e. The van der Waals surface area contributed by atoms with Crippen LogP contribution >= 0.6 is 13.5 Å². The first kappa shape index (κ1) is 20.6. The SMILES string of the molecule is CC(C)Oc1cc(C[C@H]2CCN(C(=O)OC(C)(C)C)C2)ccn1.S. The number of carbonyl (C=O) groups is 1. The average molecular weight is 355 g/mol. The van der Waals surface area contributed by atoms with Crippen molar-refractivity contribution in [1.82, 2.24) is 9.88 Å². The Morgan fingerprint density at radius 2 is 2.12 bits per heavy atom. The predicted octanol–water partition coefficient (Wildman–Crippen LogP) is 3.78. The lowest BCUT2D eigenvalue weighted by Gasteiger charge is -2.24. The lowest BCUT2D eigenvalue weighted by atomic mass is 9.99. The summed E-state index contributed by atoms with van der Waals surface area (Å²) in [6, 6.07) is 4.01. The summed E-state index contributed by atoms with van der Waals surface area (Å²) in [6.07, 6.45) is 3.62. The minimum Gasteiger partial charge on any atom is -0.475 e. The van der Waals surface area contributed by atoms with Gasteiger partial charge < -0.3 is 14.4 Å². The number of nitrogens with zero attached hydrogens (tertiary/aromatic N) is 2. The minimum atomic E-state index is -0.441. The summed E-state index contributed by atoms with van der Waals surface area (Å²) in [5, 5.41) is 0. The summed E-state index contributed by atoms with van der Waals surface area (Å²) in [5.74, 6) is 1.12. The van der Waals surface area contributed by atoms with E-state index in [4.69, 9.17) is 9.47 Å². The third-order valence-corrected chi connectivity index (χ3v) is 3.62. The molecule has 1 aromatic rings. The van der Waals surface area contributed by atoms with Gasteiger partial charge in [0.2, 0.25) is 5.88 Å². The summed E-state index contributed by atoms with van der Waals surface area (Å²) in [5.41, 5.74) is 0.760. The van der Waals surface area contributed by atoms with Crippen LogP contribution in [-0.2, 0) is 11.2 Å². The Labute approximate surface area is 152 Å². The number of hydrogen-bond acceptors (Lipinski definition) is 4. The lowest BCUT2D eigenvalue weighted by molar-refractivity contribution is 0.0288. The van der Waals surface area contributed by atoms with E-state index in [-0.39, 0.29) is 25.7 Å². The van der Waals surface area contributed by atoms with Crippen molar-refractivity contribution < 1.29 is 14.3 Å². The van der Waals surface area contributed by atoms with Gasteiger partial charge in [-0.25, -0.2) is 9.78 Å². The number of rotatable bonds is 4. The Bertz CT molecular complexity index is 543. The van der Waals surface area contributed by atoms with E-state index in [1.807, 2.05) is 51.7 Å². The maximum Gasteiger partial charge on any atom is 0.410 e. The van der Waals surface area contributed by atoms with Gasteiger partial charge in [0.25, 0.3) is 0 Å². The summed E-state index contributed by atoms with van der Waals surface area (Å²) >= 11 is 0. The van der Waals surface area contributed by atoms with Crippen LogP contribution in [0.25, 0.3) is 0 Å². The van der Waals surface area contributed by atoms with Gasteiger partial charge in [-0.3, -0.25) is 0 Å². The molecule has 1 amide bonds. The fourth-order valence-corrected chi connectivity index (χ4v) is 2.71. The van der Waals surface area contributed by atoms with Crippen molar-refractivity contribution in [1.29, 1.82) is 0 Å². The number of hydrogen-bond donors (Lipinski definition) is 0. The van der Waals surface area contributed by atoms with Gasteiger partial charge in [-0.05, 0) is 65.0 Å². The second kappa shape index (κ2) is 8.60. The number of carbonyl (C=O) groups excluding carboxylic acids is 1. The van der Waals surface area contributed by atoms with Crippen molar-refractivity contribution >= 4 is 19.6 Å². The molecule has 0 unspecified atom stereocenters. The zero-order chi connectivity index (χ0) is 17.0. The normalized spacial score (nSPS) is 17.6. The molecule has 0 aromatic carbocycles. The van der Waals surface area contributed by atoms with Crippen LogP contribution < -0.4 is 4.74 Å². The molecule has 5 nitrogen and oxygen atoms in total. The number of ether oxygens (including phenoxy) is 2. The highest BCUT2D eigenvalue weighted by Crippen LogP contribution is 2.24. The molecule has 0 aliphatic carbocycles. The van der Waals surface area contributed by atoms with Crippen LogP contribution in [0.1, 0.15) is 46.6 Å². The maximum atomic E-state index is 12.1. The Morgan fingerprint density at radius 3 is 2.75 bits per heavy atom. The monoisotopic (exact) mass is 354 g/mol. The van der Waals surface area contributed by atoms with Gasteiger partial charge in [-0.2, -0.15) is 13.5 Å². The molecule has 1 aliphatic rings. The van der Waals surface area contributed by atoms with Gasteiger partial charge in [0.05, 0.1) is 6.10 Å². The summed E-state index contributed by atoms with van der Waals surface area (Å²) in [7, 11) is 0. The first-order chi connectivity index (χ1) is 10.7. The Hall–Kier alpha value is -1.43. The summed E-state index contributed by atoms with van der Waals surface area (Å²) < 4.78 is 11.1. The van der Waals surface area contributed by atoms with Gasteiger partial charge >= 0.3 is 6.09 Å². The standard InChI is InChI=1S/C18H28N2O3.H2S/c1-13(2)22-16-11-14(6-8-19-16)10-15-7-9-20(12-15)17(21)23-18(3,4)5;/h6,8,11,13,15H,7,9-10,12H2,1-5H3;1H2/t15-;/m1./s1. The lowest BCUT2D eigenvalue weighted by Crippen LogP contribution is -2.35. The van der Waals surface area contributed by atoms with Gasteiger partial charge in [0, 0.05) is 25.4 Å². The smallest absolute Gasteiger partial charge is 0.410 e. The Balaban J connectivity index is 0.00000288. The predicted molar refractivity (Wildman–Crippen MR) is 100 cm³/mol. The molecule has 1 aromatic heterocycles. The average Bonchev–Trinajstić information content (AvgIpc) is 2.85. The van der Waals surface area contributed by atoms with Crippen LogP contribution in [0.4, 0.5) is 4.79 Å². The van der Waals surface area contributed by atoms with E-state index in [1.165, 1.54) is 5.56 Å². The zero-order valence-electron chi connectivity index (χ0n) is 15.3. The first-order valence-corrected chi connectivity index (χ1v) is 8.32. The molecule has 6 heteroatoms. The number of pyridine rings is 1. The molecule has 1 aliphatic heterocycles. The molecule has 2 rings (SSSR count). The highest BCUT2D eigenvalue weighted by molar-refractivity contribution is 7.59. The fourth-order valence-electron chi connectivity index (χ4n) is 2.71. The molecule has 24 heavy (non-hydrogen) atoms. The molecule has 1 saturated heterocycles. The highest BCUT2D eigenvalue weighted by Gasteiger charge is 2.29. The van der Waals surface area contributed by atoms with Gasteiger partial charge in [0.15, 0.2) is 0 Å². The second-order valence-corrected chi connectivity index (χ2v) is 7.45. The highest BCUT2D eigenvalue weighted by atomic mass is 32.1. The number of amides is 1. The molecule has 136 valence electrons. The van der Waals surface area contributed by atoms with Crippen LogP contribution in [0.2, 0.25) is 0 Å². The molecule has 0 radical (unpaired) electrons. The first-order valence-electron chi connectivity index (χ1n) is 8.32. The maximum absolute atomic E-state index is 12.1. The van der Waals surface area contributed by atoms with Crippen molar-refractivity contribution in [2.75, 3.05) is 13.1 Å². The second-order valence-electron chi connectivity index (χ2n) is 7.45. The van der Waals surface area contributed by atoms with Crippen LogP contribution in [0.5, 0.6) is 5.88 Å². The summed E-state index contributed by atoms with van der Waals surface area (Å²) in [4.78, 5) is 18.1. The van der Waals surface area contributed by atoms with E-state index in [1.54, 1.807) is 6.20 Å². The minimum absolute atomic E-state index is 0. The third-order valence-electron chi connectivity index (χ3n) is 3.62.